The zero-order valence-corrected chi connectivity index (χ0v) is 53.7. The fraction of sp³-hybridized carbons (Fsp3) is 0.500. The molecule has 9 aromatic heterocycles. The second-order valence-electron chi connectivity index (χ2n) is 23.0. The lowest BCUT2D eigenvalue weighted by molar-refractivity contribution is -0.0384. The molecule has 9 aromatic rings. The summed E-state index contributed by atoms with van der Waals surface area (Å²) in [6.45, 7) is 20.7. The van der Waals surface area contributed by atoms with Crippen molar-refractivity contribution in [2.24, 2.45) is 5.73 Å². The lowest BCUT2D eigenvalue weighted by Gasteiger charge is -2.24. The van der Waals surface area contributed by atoms with Gasteiger partial charge in [-0.3, -0.25) is 5.10 Å². The zero-order chi connectivity index (χ0) is 60.1. The first-order valence-corrected chi connectivity index (χ1v) is 32.3. The molecular weight excluding hydrogens is 1190 g/mol. The lowest BCUT2D eigenvalue weighted by atomic mass is 10.1. The Hall–Kier alpha value is -5.80. The van der Waals surface area contributed by atoms with E-state index in [0.29, 0.717) is 5.82 Å². The van der Waals surface area contributed by atoms with Crippen molar-refractivity contribution in [3.05, 3.63) is 77.7 Å². The van der Waals surface area contributed by atoms with Crippen LogP contribution < -0.4 is 32.7 Å². The molecule has 20 nitrogen and oxygen atoms in total. The summed E-state index contributed by atoms with van der Waals surface area (Å²) in [5, 5.41) is 57.1. The van der Waals surface area contributed by atoms with Crippen LogP contribution in [-0.2, 0) is 9.47 Å². The molecule has 24 heteroatoms. The van der Waals surface area contributed by atoms with Gasteiger partial charge in [-0.2, -0.15) is 15.3 Å². The molecule has 12 N–H and O–H groups in total. The van der Waals surface area contributed by atoms with Gasteiger partial charge in [0.15, 0.2) is 12.5 Å². The van der Waals surface area contributed by atoms with Gasteiger partial charge in [-0.15, -0.1) is 34.0 Å². The fourth-order valence-corrected chi connectivity index (χ4v) is 13.2. The smallest absolute Gasteiger partial charge is 0.150 e. The molecule has 0 aromatic carbocycles. The second-order valence-corrected chi connectivity index (χ2v) is 27.0. The summed E-state index contributed by atoms with van der Waals surface area (Å²) in [6.07, 6.45) is 14.6. The van der Waals surface area contributed by atoms with E-state index in [4.69, 9.17) is 36.0 Å². The normalized spacial score (nSPS) is 16.6. The molecule has 454 valence electrons. The molecule has 0 aliphatic carbocycles. The Labute approximate surface area is 512 Å². The van der Waals surface area contributed by atoms with Crippen LogP contribution in [0.4, 0.5) is 28.8 Å². The number of halogens is 1. The van der Waals surface area contributed by atoms with Gasteiger partial charge in [-0.1, -0.05) is 20.8 Å². The molecule has 2 saturated heterocycles. The summed E-state index contributed by atoms with van der Waals surface area (Å²) >= 11 is 8.76. The van der Waals surface area contributed by atoms with Crippen LogP contribution in [0.3, 0.4) is 0 Å². The van der Waals surface area contributed by atoms with Crippen LogP contribution in [0.2, 0.25) is 0 Å². The third-order valence-electron chi connectivity index (χ3n) is 13.8. The summed E-state index contributed by atoms with van der Waals surface area (Å²) in [5.41, 5.74) is 18.8. The quantitative estimate of drug-likeness (QED) is 0.0405. The van der Waals surface area contributed by atoms with E-state index in [9.17, 15) is 10.2 Å². The van der Waals surface area contributed by atoms with E-state index in [1.54, 1.807) is 40.2 Å². The van der Waals surface area contributed by atoms with Gasteiger partial charge in [0.25, 0.3) is 0 Å². The van der Waals surface area contributed by atoms with Crippen LogP contribution >= 0.6 is 49.9 Å². The molecule has 2 aliphatic rings. The maximum absolute atomic E-state index is 9.74. The molecular formula is C60H84BrN15O5S3. The summed E-state index contributed by atoms with van der Waals surface area (Å²) in [7, 11) is 0. The number of hydrogen-bond acceptors (Lipinski definition) is 20. The average molecular weight is 1270 g/mol. The van der Waals surface area contributed by atoms with E-state index >= 15 is 0 Å². The number of aliphatic hydroxyl groups excluding tert-OH is 3. The number of hydrogen-bond donors (Lipinski definition) is 10. The van der Waals surface area contributed by atoms with Crippen LogP contribution in [-0.4, -0.2) is 122 Å². The molecule has 2 unspecified atom stereocenters. The van der Waals surface area contributed by atoms with Gasteiger partial charge in [0, 0.05) is 77.6 Å². The molecule has 11 rings (SSSR count). The Kier molecular flexibility index (Phi) is 22.6. The van der Waals surface area contributed by atoms with Crippen molar-refractivity contribution < 1.29 is 24.8 Å². The van der Waals surface area contributed by atoms with Crippen molar-refractivity contribution in [1.82, 2.24) is 44.7 Å². The minimum atomic E-state index is -0.102. The first-order chi connectivity index (χ1) is 40.3. The number of ether oxygens (including phenoxy) is 2. The number of fused-ring (bicyclic) bond motifs is 3. The fourth-order valence-electron chi connectivity index (χ4n) is 9.37. The number of anilines is 5. The topological polar surface area (TPSA) is 282 Å². The summed E-state index contributed by atoms with van der Waals surface area (Å²) in [5.74, 6) is 2.17. The Morgan fingerprint density at radius 3 is 1.57 bits per heavy atom. The maximum atomic E-state index is 9.74. The van der Waals surface area contributed by atoms with Crippen molar-refractivity contribution >= 4 is 109 Å². The van der Waals surface area contributed by atoms with Crippen LogP contribution in [0.1, 0.15) is 133 Å². The van der Waals surface area contributed by atoms with Crippen LogP contribution in [0, 0.1) is 0 Å². The van der Waals surface area contributed by atoms with Crippen molar-refractivity contribution in [3.63, 3.8) is 0 Å². The SMILES string of the molecule is CC(C)(C)Nc1cc(Br)c2sc(-c3ccnn3C3CCCCO3)cc2n1.CC[C@@H](N)CO.CC[C@H](CO)Nc1cc(N)nc2cc(-c3ccn[nH]3)sc12.CC[C@H](CO)Nc1cc(NC(C)(C)C)nc2cc(-c3ccnn3C3CCCCO3)sc12. The zero-order valence-electron chi connectivity index (χ0n) is 49.7. The molecule has 0 radical (unpaired) electrons. The predicted octanol–water partition coefficient (Wildman–Crippen LogP) is 13.3. The van der Waals surface area contributed by atoms with Crippen LogP contribution in [0.5, 0.6) is 0 Å². The number of nitrogens with zero attached hydrogens (tertiary/aromatic N) is 8. The number of aliphatic hydroxyl groups is 3. The minimum absolute atomic E-state index is 0.000182. The van der Waals surface area contributed by atoms with Crippen LogP contribution in [0.25, 0.3) is 62.4 Å². The Morgan fingerprint density at radius 2 is 1.12 bits per heavy atom. The molecule has 0 amide bonds. The first kappa shape index (κ1) is 64.2. The van der Waals surface area contributed by atoms with Crippen molar-refractivity contribution in [2.75, 3.05) is 60.0 Å². The number of nitrogens with two attached hydrogens (primary N) is 2. The standard InChI is InChI=1S/C23H33N5O2S.C19H23BrN4OS.C14H17N5OS.C4H11NO/c1-5-15(14-29)25-17-13-20(27-23(2,3)4)26-16-12-19(31-22(16)17)18-9-10-24-28(18)21-8-6-7-11-30-21;1-19(2,3)23-16-10-12(20)18-13(22-16)11-15(26-18)14-7-8-21-24(14)17-6-4-5-9-25-17;1-2-8(7-20)17-11-6-13(15)18-10-5-12(21-14(10)11)9-3-4-16-19-9;1-2-4(5)3-6/h9-10,12-13,15,21,29H,5-8,11,14H2,1-4H3,(H2,25,26,27);7-8,10-11,17H,4-6,9H2,1-3H3,(H,22,23);3-6,8,20H,2,7H2,1H3,(H,16,19)(H3,15,17,18);4,6H,2-3,5H2,1H3/t15-,21?;;8-;4-/m1.11/s1. The number of nitrogen functional groups attached to an aromatic ring is 1. The predicted molar refractivity (Wildman–Crippen MR) is 350 cm³/mol. The van der Waals surface area contributed by atoms with E-state index in [1.165, 1.54) is 6.42 Å². The van der Waals surface area contributed by atoms with Gasteiger partial charge in [0.1, 0.15) is 17.5 Å². The number of H-pyrrole nitrogens is 1. The molecule has 11 heterocycles. The van der Waals surface area contributed by atoms with E-state index < -0.39 is 0 Å². The number of rotatable bonds is 17. The maximum Gasteiger partial charge on any atom is 0.150 e. The highest BCUT2D eigenvalue weighted by molar-refractivity contribution is 9.10. The monoisotopic (exact) mass is 1270 g/mol. The Bertz CT molecular complexity index is 3470. The highest BCUT2D eigenvalue weighted by Gasteiger charge is 2.25. The van der Waals surface area contributed by atoms with Gasteiger partial charge < -0.3 is 57.5 Å². The van der Waals surface area contributed by atoms with Gasteiger partial charge >= 0.3 is 0 Å². The van der Waals surface area contributed by atoms with E-state index in [1.807, 2.05) is 65.9 Å². The van der Waals surface area contributed by atoms with E-state index in [-0.39, 0.29) is 61.5 Å². The first-order valence-electron chi connectivity index (χ1n) is 29.0. The molecule has 0 saturated carbocycles. The largest absolute Gasteiger partial charge is 0.395 e. The average Bonchev–Trinajstić information content (AvgIpc) is 3.22. The minimum Gasteiger partial charge on any atom is -0.395 e. The summed E-state index contributed by atoms with van der Waals surface area (Å²) in [6, 6.07) is 18.2. The summed E-state index contributed by atoms with van der Waals surface area (Å²) in [4.78, 5) is 17.4. The molecule has 0 spiro atoms. The van der Waals surface area contributed by atoms with Crippen molar-refractivity contribution in [2.45, 2.75) is 162 Å². The molecule has 2 aliphatic heterocycles. The number of pyridine rings is 3. The Balaban J connectivity index is 0.000000159. The number of thiophene rings is 3. The number of nitrogens with one attached hydrogen (secondary N) is 5. The third-order valence-corrected chi connectivity index (χ3v) is 18.2. The van der Waals surface area contributed by atoms with Crippen molar-refractivity contribution in [1.29, 1.82) is 0 Å². The highest BCUT2D eigenvalue weighted by Crippen LogP contribution is 2.42. The molecule has 2 fully saturated rings. The molecule has 0 bridgehead atoms. The molecule has 5 atom stereocenters. The van der Waals surface area contributed by atoms with Crippen LogP contribution in [0.15, 0.2) is 77.7 Å². The molecule has 84 heavy (non-hydrogen) atoms. The van der Waals surface area contributed by atoms with Crippen molar-refractivity contribution in [3.8, 4) is 31.7 Å². The lowest BCUT2D eigenvalue weighted by Crippen LogP contribution is -2.27. The third kappa shape index (κ3) is 17.0. The van der Waals surface area contributed by atoms with Gasteiger partial charge in [0.2, 0.25) is 0 Å². The second kappa shape index (κ2) is 29.5. The van der Waals surface area contributed by atoms with E-state index in [0.717, 1.165) is 154 Å². The van der Waals surface area contributed by atoms with Gasteiger partial charge in [-0.05, 0) is 158 Å². The number of aromatic amines is 1. The number of aromatic nitrogens is 9. The Morgan fingerprint density at radius 1 is 0.631 bits per heavy atom. The van der Waals surface area contributed by atoms with E-state index in [2.05, 4.69) is 135 Å². The summed E-state index contributed by atoms with van der Waals surface area (Å²) < 4.78 is 20.3. The highest BCUT2D eigenvalue weighted by atomic mass is 79.9. The van der Waals surface area contributed by atoms with Gasteiger partial charge in [-0.25, -0.2) is 24.3 Å². The van der Waals surface area contributed by atoms with Gasteiger partial charge in [0.05, 0.1) is 93.6 Å².